The van der Waals surface area contributed by atoms with Crippen LogP contribution in [-0.4, -0.2) is 19.2 Å². The highest BCUT2D eigenvalue weighted by molar-refractivity contribution is 5.27. The van der Waals surface area contributed by atoms with E-state index in [0.717, 1.165) is 31.7 Å². The van der Waals surface area contributed by atoms with Gasteiger partial charge in [-0.05, 0) is 37.5 Å². The third-order valence-corrected chi connectivity index (χ3v) is 2.51. The van der Waals surface area contributed by atoms with Crippen LogP contribution in [0.25, 0.3) is 0 Å². The molecule has 2 rings (SSSR count). The van der Waals surface area contributed by atoms with E-state index < -0.39 is 0 Å². The van der Waals surface area contributed by atoms with Gasteiger partial charge in [0.05, 0.1) is 0 Å². The third-order valence-electron chi connectivity index (χ3n) is 2.51. The molecule has 0 aromatic heterocycles. The first-order valence-electron chi connectivity index (χ1n) is 5.21. The van der Waals surface area contributed by atoms with E-state index >= 15 is 0 Å². The van der Waals surface area contributed by atoms with Crippen LogP contribution < -0.4 is 10.1 Å². The Kier molecular flexibility index (Phi) is 3.04. The van der Waals surface area contributed by atoms with Gasteiger partial charge in [-0.2, -0.15) is 0 Å². The minimum absolute atomic E-state index is 0.370. The van der Waals surface area contributed by atoms with Crippen molar-refractivity contribution in [2.45, 2.75) is 25.9 Å². The smallest absolute Gasteiger partial charge is 0.119 e. The quantitative estimate of drug-likeness (QED) is 0.700. The lowest BCUT2D eigenvalue weighted by Crippen LogP contribution is -2.30. The second kappa shape index (κ2) is 4.47. The Labute approximate surface area is 85.3 Å². The summed E-state index contributed by atoms with van der Waals surface area (Å²) in [6.07, 6.45) is 2.50. The van der Waals surface area contributed by atoms with Crippen LogP contribution in [0.5, 0.6) is 5.75 Å². The van der Waals surface area contributed by atoms with E-state index in [4.69, 9.17) is 4.74 Å². The topological polar surface area (TPSA) is 23.3 Å². The van der Waals surface area contributed by atoms with Crippen molar-refractivity contribution in [3.63, 3.8) is 0 Å². The highest BCUT2D eigenvalue weighted by atomic mass is 16.5. The molecule has 0 amide bonds. The Balaban J connectivity index is 1.95. The highest BCUT2D eigenvalue weighted by Gasteiger charge is 2.14. The number of piperidine rings is 1. The molecule has 75 valence electrons. The second-order valence-electron chi connectivity index (χ2n) is 3.80. The van der Waals surface area contributed by atoms with Crippen LogP contribution in [0.15, 0.2) is 24.3 Å². The Morgan fingerprint density at radius 3 is 2.79 bits per heavy atom. The average Bonchev–Trinajstić information content (AvgIpc) is 2.19. The van der Waals surface area contributed by atoms with Gasteiger partial charge in [0.15, 0.2) is 0 Å². The first-order chi connectivity index (χ1) is 6.84. The summed E-state index contributed by atoms with van der Waals surface area (Å²) in [6.45, 7) is 4.00. The van der Waals surface area contributed by atoms with Gasteiger partial charge < -0.3 is 4.74 Å². The van der Waals surface area contributed by atoms with Crippen LogP contribution in [0.1, 0.15) is 18.4 Å². The molecular formula is C12H16NO. The first-order valence-corrected chi connectivity index (χ1v) is 5.21. The van der Waals surface area contributed by atoms with E-state index in [0.29, 0.717) is 6.10 Å². The number of rotatable bonds is 2. The van der Waals surface area contributed by atoms with E-state index in [2.05, 4.69) is 24.4 Å². The second-order valence-corrected chi connectivity index (χ2v) is 3.80. The molecule has 0 saturated carbocycles. The van der Waals surface area contributed by atoms with Crippen LogP contribution in [0.2, 0.25) is 0 Å². The van der Waals surface area contributed by atoms with Crippen LogP contribution in [0, 0.1) is 6.92 Å². The fourth-order valence-corrected chi connectivity index (χ4v) is 1.73. The van der Waals surface area contributed by atoms with Crippen molar-refractivity contribution in [3.8, 4) is 5.75 Å². The molecule has 1 radical (unpaired) electrons. The first kappa shape index (κ1) is 9.53. The summed E-state index contributed by atoms with van der Waals surface area (Å²) in [6, 6.07) is 8.24. The van der Waals surface area contributed by atoms with Crippen molar-refractivity contribution >= 4 is 0 Å². The zero-order valence-electron chi connectivity index (χ0n) is 8.57. The summed E-state index contributed by atoms with van der Waals surface area (Å²) in [7, 11) is 0. The Morgan fingerprint density at radius 1 is 1.29 bits per heavy atom. The van der Waals surface area contributed by atoms with E-state index in [9.17, 15) is 0 Å². The number of nitrogens with zero attached hydrogens (tertiary/aromatic N) is 1. The summed E-state index contributed by atoms with van der Waals surface area (Å²) in [5.41, 5.74) is 1.25. The van der Waals surface area contributed by atoms with E-state index in [1.807, 2.05) is 12.1 Å². The molecule has 0 unspecified atom stereocenters. The van der Waals surface area contributed by atoms with Crippen molar-refractivity contribution in [2.24, 2.45) is 0 Å². The molecule has 1 aromatic carbocycles. The fraction of sp³-hybridized carbons (Fsp3) is 0.500. The summed E-state index contributed by atoms with van der Waals surface area (Å²) in [4.78, 5) is 0. The van der Waals surface area contributed by atoms with E-state index in [-0.39, 0.29) is 0 Å². The maximum Gasteiger partial charge on any atom is 0.119 e. The summed E-state index contributed by atoms with van der Waals surface area (Å²) in [5, 5.41) is 4.31. The van der Waals surface area contributed by atoms with Crippen molar-refractivity contribution in [2.75, 3.05) is 13.1 Å². The van der Waals surface area contributed by atoms with Crippen LogP contribution in [0.4, 0.5) is 0 Å². The molecule has 2 nitrogen and oxygen atoms in total. The monoisotopic (exact) mass is 190 g/mol. The van der Waals surface area contributed by atoms with Gasteiger partial charge in [0.2, 0.25) is 0 Å². The third kappa shape index (κ3) is 2.48. The van der Waals surface area contributed by atoms with Gasteiger partial charge in [-0.3, -0.25) is 0 Å². The molecule has 1 saturated heterocycles. The highest BCUT2D eigenvalue weighted by Crippen LogP contribution is 2.17. The Morgan fingerprint density at radius 2 is 2.07 bits per heavy atom. The molecule has 1 heterocycles. The van der Waals surface area contributed by atoms with Crippen molar-refractivity contribution in [1.82, 2.24) is 5.32 Å². The molecule has 1 aromatic rings. The number of benzene rings is 1. The minimum atomic E-state index is 0.370. The lowest BCUT2D eigenvalue weighted by molar-refractivity contribution is 0.161. The number of aryl methyl sites for hydroxylation is 1. The van der Waals surface area contributed by atoms with Crippen LogP contribution in [0.3, 0.4) is 0 Å². The summed E-state index contributed by atoms with van der Waals surface area (Å²) < 4.78 is 5.88. The van der Waals surface area contributed by atoms with Gasteiger partial charge in [0.25, 0.3) is 0 Å². The molecule has 0 bridgehead atoms. The van der Waals surface area contributed by atoms with Gasteiger partial charge >= 0.3 is 0 Å². The molecule has 1 aliphatic heterocycles. The zero-order valence-corrected chi connectivity index (χ0v) is 8.57. The van der Waals surface area contributed by atoms with Crippen molar-refractivity contribution in [1.29, 1.82) is 0 Å². The maximum atomic E-state index is 5.88. The maximum absolute atomic E-state index is 5.88. The molecule has 2 heteroatoms. The number of hydrogen-bond acceptors (Lipinski definition) is 1. The summed E-state index contributed by atoms with van der Waals surface area (Å²) >= 11 is 0. The van der Waals surface area contributed by atoms with Gasteiger partial charge in [-0.1, -0.05) is 12.1 Å². The molecule has 0 spiro atoms. The Bertz CT molecular complexity index is 292. The van der Waals surface area contributed by atoms with Gasteiger partial charge in [0.1, 0.15) is 11.9 Å². The van der Waals surface area contributed by atoms with E-state index in [1.165, 1.54) is 5.56 Å². The van der Waals surface area contributed by atoms with Gasteiger partial charge in [-0.15, -0.1) is 0 Å². The predicted octanol–water partition coefficient (Wildman–Crippen LogP) is 2.14. The molecule has 0 atom stereocenters. The fourth-order valence-electron chi connectivity index (χ4n) is 1.73. The van der Waals surface area contributed by atoms with Crippen LogP contribution in [-0.2, 0) is 0 Å². The lowest BCUT2D eigenvalue weighted by atomic mass is 10.1. The van der Waals surface area contributed by atoms with E-state index in [1.54, 1.807) is 0 Å². The van der Waals surface area contributed by atoms with Crippen molar-refractivity contribution < 1.29 is 4.74 Å². The molecular weight excluding hydrogens is 174 g/mol. The Hall–Kier alpha value is -1.02. The normalized spacial score (nSPS) is 18.1. The molecule has 0 N–H and O–H groups in total. The number of hydrogen-bond donors (Lipinski definition) is 0. The van der Waals surface area contributed by atoms with Gasteiger partial charge in [0, 0.05) is 13.1 Å². The van der Waals surface area contributed by atoms with Crippen molar-refractivity contribution in [3.05, 3.63) is 29.8 Å². The predicted molar refractivity (Wildman–Crippen MR) is 56.7 cm³/mol. The average molecular weight is 190 g/mol. The van der Waals surface area contributed by atoms with Crippen LogP contribution >= 0.6 is 0 Å². The zero-order chi connectivity index (χ0) is 9.80. The van der Waals surface area contributed by atoms with Gasteiger partial charge in [-0.25, -0.2) is 5.32 Å². The molecule has 1 aliphatic rings. The minimum Gasteiger partial charge on any atom is -0.490 e. The largest absolute Gasteiger partial charge is 0.490 e. The molecule has 14 heavy (non-hydrogen) atoms. The molecule has 0 aliphatic carbocycles. The number of ether oxygens (including phenoxy) is 1. The molecule has 1 fully saturated rings. The lowest BCUT2D eigenvalue weighted by Gasteiger charge is -2.22. The SMILES string of the molecule is Cc1cccc(OC2CC[N]CC2)c1. The summed E-state index contributed by atoms with van der Waals surface area (Å²) in [5.74, 6) is 0.997. The standard InChI is InChI=1S/C12H16NO/c1-10-3-2-4-12(9-10)14-11-5-7-13-8-6-11/h2-4,9,11H,5-8H2,1H3.